The number of fused-ring (bicyclic) bond motifs is 13. The zero-order valence-electron chi connectivity index (χ0n) is 23.4. The number of nitrogens with zero attached hydrogens (tertiary/aromatic N) is 4. The van der Waals surface area contributed by atoms with Crippen molar-refractivity contribution in [3.63, 3.8) is 0 Å². The van der Waals surface area contributed by atoms with Crippen molar-refractivity contribution in [2.24, 2.45) is 0 Å². The van der Waals surface area contributed by atoms with E-state index in [9.17, 15) is 0 Å². The molecule has 0 bridgehead atoms. The third kappa shape index (κ3) is 3.10. The van der Waals surface area contributed by atoms with Crippen LogP contribution in [-0.4, -0.2) is 19.5 Å². The second-order valence-corrected chi connectivity index (χ2v) is 11.2. The molecule has 204 valence electrons. The minimum atomic E-state index is 0.599. The molecule has 6 aromatic carbocycles. The molecule has 5 nitrogen and oxygen atoms in total. The maximum Gasteiger partial charge on any atom is 0.235 e. The van der Waals surface area contributed by atoms with Gasteiger partial charge in [0.2, 0.25) is 5.95 Å². The molecule has 0 aliphatic heterocycles. The fraction of sp³-hybridized carbons (Fsp3) is 0. The zero-order chi connectivity index (χ0) is 28.8. The first kappa shape index (κ1) is 23.5. The Balaban J connectivity index is 1.46. The lowest BCUT2D eigenvalue weighted by Gasteiger charge is -2.14. The highest BCUT2D eigenvalue weighted by atomic mass is 16.3. The van der Waals surface area contributed by atoms with Crippen molar-refractivity contribution in [1.82, 2.24) is 19.5 Å². The van der Waals surface area contributed by atoms with Crippen molar-refractivity contribution < 1.29 is 4.42 Å². The fourth-order valence-electron chi connectivity index (χ4n) is 6.98. The molecule has 10 rings (SSSR count). The second-order valence-electron chi connectivity index (χ2n) is 11.2. The van der Waals surface area contributed by atoms with Gasteiger partial charge in [0.15, 0.2) is 0 Å². The highest BCUT2D eigenvalue weighted by Gasteiger charge is 2.25. The molecule has 10 aromatic rings. The van der Waals surface area contributed by atoms with Crippen molar-refractivity contribution >= 4 is 76.3 Å². The van der Waals surface area contributed by atoms with E-state index in [1.54, 1.807) is 0 Å². The number of hydrogen-bond donors (Lipinski definition) is 0. The average Bonchev–Trinajstić information content (AvgIpc) is 3.65. The lowest BCUT2D eigenvalue weighted by molar-refractivity contribution is 0.673. The van der Waals surface area contributed by atoms with Crippen LogP contribution in [0.25, 0.3) is 93.5 Å². The van der Waals surface area contributed by atoms with E-state index >= 15 is 0 Å². The Kier molecular flexibility index (Phi) is 4.66. The molecule has 4 heterocycles. The third-order valence-corrected chi connectivity index (χ3v) is 8.82. The van der Waals surface area contributed by atoms with Crippen molar-refractivity contribution in [2.75, 3.05) is 0 Å². The molecule has 0 aliphatic rings. The molecule has 4 aromatic heterocycles. The van der Waals surface area contributed by atoms with Crippen LogP contribution in [0.4, 0.5) is 0 Å². The van der Waals surface area contributed by atoms with Crippen molar-refractivity contribution in [3.8, 4) is 17.2 Å². The van der Waals surface area contributed by atoms with E-state index in [-0.39, 0.29) is 0 Å². The van der Waals surface area contributed by atoms with Gasteiger partial charge in [-0.25, -0.2) is 9.97 Å². The van der Waals surface area contributed by atoms with Crippen LogP contribution in [0.5, 0.6) is 0 Å². The van der Waals surface area contributed by atoms with Gasteiger partial charge < -0.3 is 4.42 Å². The lowest BCUT2D eigenvalue weighted by Crippen LogP contribution is -2.04. The standard InChI is InChI=1S/C39H22N4O/c1-2-12-24(13-3-1)35-32-25-14-5-4-11-23(25)20-21-29(32)41-39(42-35)43-30-18-10-22-40-36(30)33-26-15-6-7-16-27(26)38-34(37(33)43)28-17-8-9-19-31(28)44-38/h1-22H. The summed E-state index contributed by atoms with van der Waals surface area (Å²) in [6.45, 7) is 0. The van der Waals surface area contributed by atoms with Gasteiger partial charge in [0.25, 0.3) is 0 Å². The predicted molar refractivity (Wildman–Crippen MR) is 179 cm³/mol. The molecule has 0 unspecified atom stereocenters. The Morgan fingerprint density at radius 2 is 1.30 bits per heavy atom. The van der Waals surface area contributed by atoms with Gasteiger partial charge in [-0.1, -0.05) is 103 Å². The molecule has 0 amide bonds. The molecule has 0 saturated carbocycles. The molecule has 0 saturated heterocycles. The summed E-state index contributed by atoms with van der Waals surface area (Å²) in [5, 5.41) is 8.65. The van der Waals surface area contributed by atoms with Gasteiger partial charge in [0, 0.05) is 33.3 Å². The Labute approximate surface area is 250 Å². The minimum Gasteiger partial charge on any atom is -0.455 e. The zero-order valence-corrected chi connectivity index (χ0v) is 23.4. The van der Waals surface area contributed by atoms with Crippen LogP contribution in [0.15, 0.2) is 138 Å². The molecule has 0 fully saturated rings. The average molecular weight is 563 g/mol. The summed E-state index contributed by atoms with van der Waals surface area (Å²) in [6, 6.07) is 43.9. The highest BCUT2D eigenvalue weighted by molar-refractivity contribution is 6.34. The highest BCUT2D eigenvalue weighted by Crippen LogP contribution is 2.45. The van der Waals surface area contributed by atoms with Crippen LogP contribution in [0.3, 0.4) is 0 Å². The minimum absolute atomic E-state index is 0.599. The number of rotatable bonds is 2. The maximum absolute atomic E-state index is 6.60. The van der Waals surface area contributed by atoms with Gasteiger partial charge in [0.1, 0.15) is 11.2 Å². The monoisotopic (exact) mass is 562 g/mol. The van der Waals surface area contributed by atoms with E-state index in [1.807, 2.05) is 30.5 Å². The Morgan fingerprint density at radius 3 is 2.18 bits per heavy atom. The number of aromatic nitrogens is 4. The van der Waals surface area contributed by atoms with Gasteiger partial charge in [0.05, 0.1) is 33.1 Å². The van der Waals surface area contributed by atoms with E-state index in [0.717, 1.165) is 87.6 Å². The van der Waals surface area contributed by atoms with Gasteiger partial charge in [-0.2, -0.15) is 0 Å². The molecule has 0 spiro atoms. The molecule has 0 N–H and O–H groups in total. The molecular formula is C39H22N4O. The molecule has 0 radical (unpaired) electrons. The van der Waals surface area contributed by atoms with Crippen LogP contribution in [-0.2, 0) is 0 Å². The van der Waals surface area contributed by atoms with Crippen LogP contribution >= 0.6 is 0 Å². The Morgan fingerprint density at radius 1 is 0.545 bits per heavy atom. The summed E-state index contributed by atoms with van der Waals surface area (Å²) >= 11 is 0. The normalized spacial score (nSPS) is 12.1. The summed E-state index contributed by atoms with van der Waals surface area (Å²) in [6.07, 6.45) is 1.86. The van der Waals surface area contributed by atoms with Gasteiger partial charge in [-0.15, -0.1) is 0 Å². The van der Waals surface area contributed by atoms with E-state index in [0.29, 0.717) is 5.95 Å². The summed E-state index contributed by atoms with van der Waals surface area (Å²) < 4.78 is 8.79. The van der Waals surface area contributed by atoms with Gasteiger partial charge >= 0.3 is 0 Å². The van der Waals surface area contributed by atoms with Crippen LogP contribution < -0.4 is 0 Å². The molecule has 44 heavy (non-hydrogen) atoms. The topological polar surface area (TPSA) is 56.7 Å². The summed E-state index contributed by atoms with van der Waals surface area (Å²) in [4.78, 5) is 15.7. The van der Waals surface area contributed by atoms with E-state index in [2.05, 4.69) is 108 Å². The van der Waals surface area contributed by atoms with E-state index in [4.69, 9.17) is 19.4 Å². The summed E-state index contributed by atoms with van der Waals surface area (Å²) in [5.74, 6) is 0.599. The molecule has 0 aliphatic carbocycles. The van der Waals surface area contributed by atoms with Gasteiger partial charge in [-0.3, -0.25) is 9.55 Å². The number of para-hydroxylation sites is 1. The van der Waals surface area contributed by atoms with Crippen molar-refractivity contribution in [3.05, 3.63) is 134 Å². The third-order valence-electron chi connectivity index (χ3n) is 8.82. The van der Waals surface area contributed by atoms with Crippen LogP contribution in [0.1, 0.15) is 0 Å². The SMILES string of the molecule is c1ccc(-c2nc(-n3c4cccnc4c4c5ccccc5c5oc6ccccc6c5c43)nc3ccc4ccccc4c23)cc1. The fourth-order valence-corrected chi connectivity index (χ4v) is 6.98. The molecular weight excluding hydrogens is 540 g/mol. The van der Waals surface area contributed by atoms with Crippen molar-refractivity contribution in [2.45, 2.75) is 0 Å². The smallest absolute Gasteiger partial charge is 0.235 e. The second kappa shape index (κ2) is 8.72. The van der Waals surface area contributed by atoms with Crippen molar-refractivity contribution in [1.29, 1.82) is 0 Å². The first-order valence-corrected chi connectivity index (χ1v) is 14.7. The summed E-state index contributed by atoms with van der Waals surface area (Å²) in [7, 11) is 0. The number of pyridine rings is 1. The lowest BCUT2D eigenvalue weighted by atomic mass is 10.00. The quantitative estimate of drug-likeness (QED) is 0.197. The van der Waals surface area contributed by atoms with Crippen LogP contribution in [0.2, 0.25) is 0 Å². The predicted octanol–water partition coefficient (Wildman–Crippen LogP) is 9.99. The number of furan rings is 1. The number of hydrogen-bond acceptors (Lipinski definition) is 4. The summed E-state index contributed by atoms with van der Waals surface area (Å²) in [5.41, 5.74) is 7.39. The Bertz CT molecular complexity index is 2780. The first-order chi connectivity index (χ1) is 21.8. The maximum atomic E-state index is 6.60. The van der Waals surface area contributed by atoms with E-state index < -0.39 is 0 Å². The first-order valence-electron chi connectivity index (χ1n) is 14.7. The molecule has 0 atom stereocenters. The van der Waals surface area contributed by atoms with Crippen LogP contribution in [0, 0.1) is 0 Å². The van der Waals surface area contributed by atoms with Gasteiger partial charge in [-0.05, 0) is 40.4 Å². The number of benzene rings is 6. The largest absolute Gasteiger partial charge is 0.455 e. The van der Waals surface area contributed by atoms with E-state index in [1.165, 1.54) is 0 Å². The Hall–Kier alpha value is -6.07. The molecule has 5 heteroatoms.